The van der Waals surface area contributed by atoms with Gasteiger partial charge in [-0.15, -0.1) is 0 Å². The third kappa shape index (κ3) is 7.71. The van der Waals surface area contributed by atoms with Crippen molar-refractivity contribution in [1.29, 1.82) is 0 Å². The quantitative estimate of drug-likeness (QED) is 0.541. The molecule has 15 heavy (non-hydrogen) atoms. The van der Waals surface area contributed by atoms with E-state index in [1.54, 1.807) is 0 Å². The van der Waals surface area contributed by atoms with E-state index in [0.29, 0.717) is 12.8 Å². The molecule has 0 amide bonds. The Bertz CT molecular complexity index is 117. The van der Waals surface area contributed by atoms with Crippen LogP contribution in [0.4, 0.5) is 8.78 Å². The molecule has 0 radical (unpaired) electrons. The highest BCUT2D eigenvalue weighted by atomic mass is 19.1. The van der Waals surface area contributed by atoms with Crippen LogP contribution in [0.5, 0.6) is 0 Å². The van der Waals surface area contributed by atoms with Crippen LogP contribution in [0, 0.1) is 0 Å². The normalized spacial score (nSPS) is 15.2. The van der Waals surface area contributed by atoms with E-state index < -0.39 is 0 Å². The molecule has 2 unspecified atom stereocenters. The molecule has 0 aliphatic heterocycles. The molecule has 0 bridgehead atoms. The number of halogens is 2. The van der Waals surface area contributed by atoms with Gasteiger partial charge in [0.25, 0.3) is 0 Å². The van der Waals surface area contributed by atoms with Crippen LogP contribution in [0.15, 0.2) is 0 Å². The van der Waals surface area contributed by atoms with Crippen molar-refractivity contribution in [1.82, 2.24) is 0 Å². The molecule has 0 aliphatic rings. The topological polar surface area (TPSA) is 9.23 Å². The minimum absolute atomic E-state index is 0.144. The van der Waals surface area contributed by atoms with Crippen molar-refractivity contribution in [2.45, 2.75) is 64.6 Å². The van der Waals surface area contributed by atoms with E-state index in [-0.39, 0.29) is 25.6 Å². The fraction of sp³-hybridized carbons (Fsp3) is 1.00. The summed E-state index contributed by atoms with van der Waals surface area (Å²) in [5, 5.41) is 0. The van der Waals surface area contributed by atoms with Gasteiger partial charge in [-0.2, -0.15) is 0 Å². The summed E-state index contributed by atoms with van der Waals surface area (Å²) in [5.41, 5.74) is 0. The Hall–Kier alpha value is -0.180. The first-order valence-electron chi connectivity index (χ1n) is 6.05. The first kappa shape index (κ1) is 14.8. The summed E-state index contributed by atoms with van der Waals surface area (Å²) in [6.07, 6.45) is 4.79. The van der Waals surface area contributed by atoms with Crippen molar-refractivity contribution >= 4 is 0 Å². The second-order valence-corrected chi connectivity index (χ2v) is 3.86. The van der Waals surface area contributed by atoms with E-state index in [4.69, 9.17) is 4.74 Å². The first-order valence-corrected chi connectivity index (χ1v) is 6.05. The van der Waals surface area contributed by atoms with Gasteiger partial charge in [0.05, 0.1) is 25.6 Å². The van der Waals surface area contributed by atoms with Crippen molar-refractivity contribution in [3.63, 3.8) is 0 Å². The molecule has 2 atom stereocenters. The number of ether oxygens (including phenoxy) is 1. The third-order valence-corrected chi connectivity index (χ3v) is 2.62. The van der Waals surface area contributed by atoms with E-state index in [0.717, 1.165) is 25.7 Å². The molecule has 0 saturated heterocycles. The Kier molecular flexibility index (Phi) is 10.2. The predicted octanol–water partition coefficient (Wildman–Crippen LogP) is 4.06. The molecule has 0 rings (SSSR count). The summed E-state index contributed by atoms with van der Waals surface area (Å²) in [5.74, 6) is 0. The van der Waals surface area contributed by atoms with Gasteiger partial charge in [-0.1, -0.05) is 13.8 Å². The Morgan fingerprint density at radius 2 is 1.27 bits per heavy atom. The van der Waals surface area contributed by atoms with Gasteiger partial charge in [0.15, 0.2) is 0 Å². The molecule has 0 saturated carbocycles. The minimum atomic E-state index is -0.277. The summed E-state index contributed by atoms with van der Waals surface area (Å²) in [7, 11) is 0. The number of rotatable bonds is 10. The van der Waals surface area contributed by atoms with Gasteiger partial charge in [-0.3, -0.25) is 8.78 Å². The van der Waals surface area contributed by atoms with Gasteiger partial charge in [-0.25, -0.2) is 0 Å². The lowest BCUT2D eigenvalue weighted by Crippen LogP contribution is -2.21. The van der Waals surface area contributed by atoms with Crippen LogP contribution in [0.2, 0.25) is 0 Å². The largest absolute Gasteiger partial charge is 0.375 e. The molecule has 3 heteroatoms. The molecule has 0 heterocycles. The third-order valence-electron chi connectivity index (χ3n) is 2.62. The number of alkyl halides is 2. The maximum absolute atomic E-state index is 12.0. The highest BCUT2D eigenvalue weighted by Gasteiger charge is 2.13. The molecule has 1 nitrogen and oxygen atoms in total. The number of hydrogen-bond donors (Lipinski definition) is 0. The van der Waals surface area contributed by atoms with Gasteiger partial charge in [0.2, 0.25) is 0 Å². The predicted molar refractivity (Wildman–Crippen MR) is 59.7 cm³/mol. The lowest BCUT2D eigenvalue weighted by Gasteiger charge is -2.22. The molecule has 0 spiro atoms. The van der Waals surface area contributed by atoms with Crippen molar-refractivity contribution in [3.8, 4) is 0 Å². The highest BCUT2D eigenvalue weighted by molar-refractivity contribution is 4.62. The second kappa shape index (κ2) is 10.3. The standard InChI is InChI=1S/C12H24F2O/c1-3-11(7-5-9-13)15-12(4-2)8-6-10-14/h11-12H,3-10H2,1-2H3. The zero-order chi connectivity index (χ0) is 11.5. The van der Waals surface area contributed by atoms with E-state index in [1.165, 1.54) is 0 Å². The van der Waals surface area contributed by atoms with E-state index in [1.807, 2.05) is 13.8 Å². The molecule has 0 aromatic heterocycles. The Morgan fingerprint density at radius 3 is 1.53 bits per heavy atom. The molecule has 0 aliphatic carbocycles. The molecular formula is C12H24F2O. The van der Waals surface area contributed by atoms with Crippen LogP contribution in [0.3, 0.4) is 0 Å². The van der Waals surface area contributed by atoms with Crippen LogP contribution in [-0.4, -0.2) is 25.6 Å². The van der Waals surface area contributed by atoms with Crippen molar-refractivity contribution < 1.29 is 13.5 Å². The van der Waals surface area contributed by atoms with E-state index >= 15 is 0 Å². The molecule has 0 aromatic carbocycles. The SMILES string of the molecule is CCC(CCCF)OC(CC)CCCF. The molecule has 92 valence electrons. The lowest BCUT2D eigenvalue weighted by atomic mass is 10.1. The minimum Gasteiger partial charge on any atom is -0.375 e. The summed E-state index contributed by atoms with van der Waals surface area (Å²) in [6, 6.07) is 0. The summed E-state index contributed by atoms with van der Waals surface area (Å²) in [6.45, 7) is 3.54. The Morgan fingerprint density at radius 1 is 0.867 bits per heavy atom. The van der Waals surface area contributed by atoms with Gasteiger partial charge >= 0.3 is 0 Å². The van der Waals surface area contributed by atoms with Crippen LogP contribution >= 0.6 is 0 Å². The molecule has 0 N–H and O–H groups in total. The highest BCUT2D eigenvalue weighted by Crippen LogP contribution is 2.15. The van der Waals surface area contributed by atoms with Gasteiger partial charge in [0.1, 0.15) is 0 Å². The van der Waals surface area contributed by atoms with Crippen LogP contribution in [0.1, 0.15) is 52.4 Å². The Labute approximate surface area is 92.2 Å². The van der Waals surface area contributed by atoms with Gasteiger partial charge < -0.3 is 4.74 Å². The van der Waals surface area contributed by atoms with Crippen LogP contribution in [0.25, 0.3) is 0 Å². The summed E-state index contributed by atoms with van der Waals surface area (Å²) >= 11 is 0. The average molecular weight is 222 g/mol. The second-order valence-electron chi connectivity index (χ2n) is 3.86. The number of hydrogen-bond acceptors (Lipinski definition) is 1. The first-order chi connectivity index (χ1) is 7.28. The van der Waals surface area contributed by atoms with Gasteiger partial charge in [0, 0.05) is 0 Å². The fourth-order valence-corrected chi connectivity index (χ4v) is 1.62. The van der Waals surface area contributed by atoms with E-state index in [9.17, 15) is 8.78 Å². The maximum Gasteiger partial charge on any atom is 0.0895 e. The Balaban J connectivity index is 3.77. The molecule has 0 fully saturated rings. The summed E-state index contributed by atoms with van der Waals surface area (Å²) < 4.78 is 29.8. The smallest absolute Gasteiger partial charge is 0.0895 e. The fourth-order valence-electron chi connectivity index (χ4n) is 1.62. The van der Waals surface area contributed by atoms with Gasteiger partial charge in [-0.05, 0) is 38.5 Å². The molecule has 0 aromatic rings. The molecular weight excluding hydrogens is 198 g/mol. The zero-order valence-electron chi connectivity index (χ0n) is 9.98. The lowest BCUT2D eigenvalue weighted by molar-refractivity contribution is -0.0264. The summed E-state index contributed by atoms with van der Waals surface area (Å²) in [4.78, 5) is 0. The van der Waals surface area contributed by atoms with Crippen LogP contribution < -0.4 is 0 Å². The van der Waals surface area contributed by atoms with Crippen molar-refractivity contribution in [2.75, 3.05) is 13.3 Å². The van der Waals surface area contributed by atoms with E-state index in [2.05, 4.69) is 0 Å². The maximum atomic E-state index is 12.0. The average Bonchev–Trinajstić information content (AvgIpc) is 2.28. The van der Waals surface area contributed by atoms with Crippen LogP contribution in [-0.2, 0) is 4.74 Å². The van der Waals surface area contributed by atoms with Crippen molar-refractivity contribution in [2.24, 2.45) is 0 Å². The monoisotopic (exact) mass is 222 g/mol. The zero-order valence-corrected chi connectivity index (χ0v) is 9.98. The van der Waals surface area contributed by atoms with Crippen molar-refractivity contribution in [3.05, 3.63) is 0 Å².